The highest BCUT2D eigenvalue weighted by Gasteiger charge is 2.27. The minimum Gasteiger partial charge on any atom is -0.336 e. The van der Waals surface area contributed by atoms with Crippen LogP contribution in [0, 0.1) is 5.41 Å². The summed E-state index contributed by atoms with van der Waals surface area (Å²) in [7, 11) is 0. The molecule has 0 spiro atoms. The van der Waals surface area contributed by atoms with E-state index in [-0.39, 0.29) is 11.7 Å². The molecule has 0 aliphatic carbocycles. The van der Waals surface area contributed by atoms with Gasteiger partial charge in [-0.3, -0.25) is 4.79 Å². The smallest absolute Gasteiger partial charge is 0.295 e. The van der Waals surface area contributed by atoms with Gasteiger partial charge in [0.1, 0.15) is 0 Å². The molecule has 0 saturated carbocycles. The third kappa shape index (κ3) is 2.37. The lowest BCUT2D eigenvalue weighted by atomic mass is 9.85. The lowest BCUT2D eigenvalue weighted by Gasteiger charge is -2.22. The highest BCUT2D eigenvalue weighted by molar-refractivity contribution is 5.90. The quantitative estimate of drug-likeness (QED) is 0.766. The number of rotatable bonds is 1. The number of amides is 1. The minimum absolute atomic E-state index is 0.119. The maximum Gasteiger partial charge on any atom is 0.295 e. The molecule has 1 aliphatic heterocycles. The molecular formula is C10H17N5O. The summed E-state index contributed by atoms with van der Waals surface area (Å²) in [5.41, 5.74) is 0.326. The van der Waals surface area contributed by atoms with Gasteiger partial charge in [-0.05, 0) is 29.9 Å². The number of carbonyl (C=O) groups is 1. The molecule has 88 valence electrons. The summed E-state index contributed by atoms with van der Waals surface area (Å²) in [6, 6.07) is 0. The van der Waals surface area contributed by atoms with Gasteiger partial charge < -0.3 is 4.90 Å². The van der Waals surface area contributed by atoms with Gasteiger partial charge in [0.05, 0.1) is 0 Å². The number of hydrogen-bond donors (Lipinski definition) is 1. The van der Waals surface area contributed by atoms with E-state index in [0.29, 0.717) is 5.41 Å². The third-order valence-electron chi connectivity index (χ3n) is 3.16. The van der Waals surface area contributed by atoms with E-state index >= 15 is 0 Å². The van der Waals surface area contributed by atoms with Crippen LogP contribution in [0.4, 0.5) is 0 Å². The molecule has 6 heteroatoms. The summed E-state index contributed by atoms with van der Waals surface area (Å²) in [5.74, 6) is 0.0474. The third-order valence-corrected chi connectivity index (χ3v) is 3.16. The molecule has 2 heterocycles. The standard InChI is InChI=1S/C10H17N5O/c1-10(2)4-3-6-15(7-5-10)9(16)8-11-13-14-12-8/h3-7H2,1-2H3,(H,11,12,13,14). The second-order valence-corrected chi connectivity index (χ2v) is 5.05. The van der Waals surface area contributed by atoms with Crippen molar-refractivity contribution in [2.75, 3.05) is 13.1 Å². The molecule has 0 aromatic carbocycles. The van der Waals surface area contributed by atoms with Crippen molar-refractivity contribution in [1.82, 2.24) is 25.5 Å². The van der Waals surface area contributed by atoms with E-state index < -0.39 is 0 Å². The number of likely N-dealkylation sites (tertiary alicyclic amines) is 1. The predicted molar refractivity (Wildman–Crippen MR) is 57.7 cm³/mol. The molecule has 6 nitrogen and oxygen atoms in total. The molecular weight excluding hydrogens is 206 g/mol. The first-order chi connectivity index (χ1) is 7.58. The lowest BCUT2D eigenvalue weighted by molar-refractivity contribution is 0.0745. The summed E-state index contributed by atoms with van der Waals surface area (Å²) in [6.07, 6.45) is 3.22. The number of carbonyl (C=O) groups excluding carboxylic acids is 1. The Morgan fingerprint density at radius 3 is 2.88 bits per heavy atom. The Labute approximate surface area is 94.4 Å². The molecule has 1 aromatic heterocycles. The molecule has 1 aromatic rings. The Balaban J connectivity index is 2.03. The lowest BCUT2D eigenvalue weighted by Crippen LogP contribution is -2.33. The van der Waals surface area contributed by atoms with Crippen molar-refractivity contribution in [1.29, 1.82) is 0 Å². The normalized spacial score (nSPS) is 20.5. The largest absolute Gasteiger partial charge is 0.336 e. The van der Waals surface area contributed by atoms with Gasteiger partial charge in [0.25, 0.3) is 11.7 Å². The fraction of sp³-hybridized carbons (Fsp3) is 0.800. The highest BCUT2D eigenvalue weighted by atomic mass is 16.2. The van der Waals surface area contributed by atoms with Crippen LogP contribution in [0.15, 0.2) is 0 Å². The Hall–Kier alpha value is -1.46. The first-order valence-electron chi connectivity index (χ1n) is 5.61. The number of H-pyrrole nitrogens is 1. The van der Waals surface area contributed by atoms with Crippen molar-refractivity contribution in [3.8, 4) is 0 Å². The number of nitrogens with zero attached hydrogens (tertiary/aromatic N) is 4. The number of tetrazole rings is 1. The van der Waals surface area contributed by atoms with Crippen LogP contribution in [0.25, 0.3) is 0 Å². The van der Waals surface area contributed by atoms with E-state index in [1.165, 1.54) is 0 Å². The van der Waals surface area contributed by atoms with Crippen LogP contribution >= 0.6 is 0 Å². The maximum absolute atomic E-state index is 12.0. The van der Waals surface area contributed by atoms with E-state index in [1.54, 1.807) is 0 Å². The van der Waals surface area contributed by atoms with Crippen molar-refractivity contribution in [2.45, 2.75) is 33.1 Å². The highest BCUT2D eigenvalue weighted by Crippen LogP contribution is 2.29. The SMILES string of the molecule is CC1(C)CCCN(C(=O)c2nn[nH]n2)CC1. The van der Waals surface area contributed by atoms with Crippen LogP contribution < -0.4 is 0 Å². The molecule has 16 heavy (non-hydrogen) atoms. The summed E-state index contributed by atoms with van der Waals surface area (Å²) in [5, 5.41) is 13.1. The van der Waals surface area contributed by atoms with Gasteiger partial charge >= 0.3 is 0 Å². The van der Waals surface area contributed by atoms with Crippen LogP contribution in [0.2, 0.25) is 0 Å². The molecule has 1 saturated heterocycles. The number of aromatic nitrogens is 4. The zero-order valence-electron chi connectivity index (χ0n) is 9.73. The molecule has 0 bridgehead atoms. The van der Waals surface area contributed by atoms with Crippen molar-refractivity contribution in [3.63, 3.8) is 0 Å². The van der Waals surface area contributed by atoms with Crippen LogP contribution in [-0.2, 0) is 0 Å². The van der Waals surface area contributed by atoms with Crippen molar-refractivity contribution < 1.29 is 4.79 Å². The van der Waals surface area contributed by atoms with E-state index in [4.69, 9.17) is 0 Å². The maximum atomic E-state index is 12.0. The first-order valence-corrected chi connectivity index (χ1v) is 5.61. The molecule has 0 radical (unpaired) electrons. The summed E-state index contributed by atoms with van der Waals surface area (Å²) in [6.45, 7) is 6.06. The molecule has 1 fully saturated rings. The average molecular weight is 223 g/mol. The molecule has 0 atom stereocenters. The van der Waals surface area contributed by atoms with Crippen LogP contribution in [0.3, 0.4) is 0 Å². The summed E-state index contributed by atoms with van der Waals surface area (Å²) >= 11 is 0. The van der Waals surface area contributed by atoms with Crippen LogP contribution in [0.1, 0.15) is 43.7 Å². The Kier molecular flexibility index (Phi) is 2.89. The minimum atomic E-state index is -0.119. The fourth-order valence-corrected chi connectivity index (χ4v) is 2.02. The van der Waals surface area contributed by atoms with Crippen molar-refractivity contribution in [2.24, 2.45) is 5.41 Å². The Morgan fingerprint density at radius 2 is 2.19 bits per heavy atom. The van der Waals surface area contributed by atoms with Gasteiger partial charge in [-0.1, -0.05) is 13.8 Å². The van der Waals surface area contributed by atoms with Gasteiger partial charge in [-0.25, -0.2) is 0 Å². The van der Waals surface area contributed by atoms with Gasteiger partial charge in [0.2, 0.25) is 0 Å². The number of hydrogen-bond acceptors (Lipinski definition) is 4. The van der Waals surface area contributed by atoms with Gasteiger partial charge in [0.15, 0.2) is 0 Å². The van der Waals surface area contributed by atoms with Crippen LogP contribution in [0.5, 0.6) is 0 Å². The number of aromatic amines is 1. The first kappa shape index (κ1) is 11.0. The second-order valence-electron chi connectivity index (χ2n) is 5.05. The average Bonchev–Trinajstić information content (AvgIpc) is 2.69. The monoisotopic (exact) mass is 223 g/mol. The molecule has 1 amide bonds. The summed E-state index contributed by atoms with van der Waals surface area (Å²) in [4.78, 5) is 13.8. The molecule has 1 N–H and O–H groups in total. The molecule has 2 rings (SSSR count). The Morgan fingerprint density at radius 1 is 1.38 bits per heavy atom. The van der Waals surface area contributed by atoms with Gasteiger partial charge in [-0.15, -0.1) is 10.2 Å². The van der Waals surface area contributed by atoms with Gasteiger partial charge in [0, 0.05) is 13.1 Å². The topological polar surface area (TPSA) is 74.8 Å². The molecule has 1 aliphatic rings. The van der Waals surface area contributed by atoms with Crippen LogP contribution in [-0.4, -0.2) is 44.5 Å². The van der Waals surface area contributed by atoms with E-state index in [1.807, 2.05) is 4.90 Å². The van der Waals surface area contributed by atoms with E-state index in [0.717, 1.165) is 32.4 Å². The van der Waals surface area contributed by atoms with E-state index in [9.17, 15) is 4.79 Å². The molecule has 0 unspecified atom stereocenters. The Bertz CT molecular complexity index is 359. The zero-order chi connectivity index (χ0) is 11.6. The van der Waals surface area contributed by atoms with Crippen molar-refractivity contribution in [3.05, 3.63) is 5.82 Å². The van der Waals surface area contributed by atoms with Gasteiger partial charge in [-0.2, -0.15) is 5.21 Å². The summed E-state index contributed by atoms with van der Waals surface area (Å²) < 4.78 is 0. The zero-order valence-corrected chi connectivity index (χ0v) is 9.73. The fourth-order valence-electron chi connectivity index (χ4n) is 2.02. The van der Waals surface area contributed by atoms with E-state index in [2.05, 4.69) is 34.5 Å². The van der Waals surface area contributed by atoms with Crippen molar-refractivity contribution >= 4 is 5.91 Å². The number of nitrogens with one attached hydrogen (secondary N) is 1. The second kappa shape index (κ2) is 4.19. The predicted octanol–water partition coefficient (Wildman–Crippen LogP) is 0.852.